The van der Waals surface area contributed by atoms with Gasteiger partial charge in [0.05, 0.1) is 112 Å². The SMILES string of the molecule is CBr.COC.COC.COC.COc1cc(N)cc(Br)c1OC.COc1cc(S)cc(P(C)(C)=O)c1OC.COc1cc(SC(=O)c2ccccc2)cc(Br)c1OC.COc1cc(SC(=O)c2ccccc2)cc(P(C)(C)=O)c1OC.COc1cccc(S)c1.COc1cccc(S)c1.COc1cccc(S)c1.CP(C)(C)=O.CP(C)(C)=O. The first-order valence-corrected chi connectivity index (χ1v) is 52.3. The van der Waals surface area contributed by atoms with E-state index in [2.05, 4.69) is 113 Å². The molecule has 0 radical (unpaired) electrons. The second-order valence-corrected chi connectivity index (χ2v) is 44.9. The lowest BCUT2D eigenvalue weighted by Crippen LogP contribution is -2.10. The average molecular weight is 2020 g/mol. The number of halogens is 3. The molecular weight excluding hydrogens is 1900 g/mol. The van der Waals surface area contributed by atoms with Crippen LogP contribution in [0, 0.1) is 0 Å². The highest BCUT2D eigenvalue weighted by Crippen LogP contribution is 2.46. The predicted molar refractivity (Wildman–Crippen MR) is 522 cm³/mol. The summed E-state index contributed by atoms with van der Waals surface area (Å²) in [5.74, 6) is 8.87. The van der Waals surface area contributed by atoms with Gasteiger partial charge in [0.2, 0.25) is 10.2 Å². The zero-order valence-corrected chi connectivity index (χ0v) is 86.1. The molecule has 9 aromatic carbocycles. The molecule has 34 heteroatoms. The lowest BCUT2D eigenvalue weighted by Gasteiger charge is -2.17. The molecule has 0 aliphatic heterocycles. The van der Waals surface area contributed by atoms with E-state index in [1.54, 1.807) is 233 Å². The molecule has 658 valence electrons. The molecule has 0 saturated carbocycles. The van der Waals surface area contributed by atoms with Crippen LogP contribution in [0.1, 0.15) is 20.7 Å². The molecule has 0 aliphatic carbocycles. The third-order valence-corrected chi connectivity index (χ3v) is 19.5. The molecule has 0 bridgehead atoms. The summed E-state index contributed by atoms with van der Waals surface area (Å²) in [5, 5.41) is 1.15. The standard InChI is InChI=1S/C17H19O4PS.C15H13BrO3S.C10H15O3PS.C8H10BrNO2.3C7H8OS.2C3H9OP.3C2H6O.CH3Br/c1-20-14-10-13(11-15(16(14)21-2)22(3,4)19)23-17(18)12-8-6-5-7-9-12;1-18-13-9-11(8-12(16)14(13)19-2)20-15(17)10-6-4-3-5-7-10;1-12-8-5-7(15)6-9(10(8)13-2)14(3,4)11;1-11-7-4-5(10)3-6(9)8(7)12-2;3*1-8-6-3-2-4-7(9)5-6;2*1-5(2,3)4;3*1-3-2;1-2/h5-11H,1-4H3;3-9H,1-2H3;5-6,15H,1-4H3;3-4H,10H2,1-2H3;3*2-5,9H,1H3;2*1-3H3;3*1-2H3;1H3. The maximum Gasteiger partial charge on any atom is 0.224 e. The van der Waals surface area contributed by atoms with Crippen LogP contribution in [0.3, 0.4) is 0 Å². The normalized spacial score (nSPS) is 9.89. The summed E-state index contributed by atoms with van der Waals surface area (Å²) in [6.07, 6.45) is 0. The number of thioether (sulfide) groups is 2. The number of hydrogen-bond donors (Lipinski definition) is 5. The van der Waals surface area contributed by atoms with E-state index in [0.717, 1.165) is 69.3 Å². The smallest absolute Gasteiger partial charge is 0.224 e. The highest BCUT2D eigenvalue weighted by atomic mass is 79.9. The molecule has 0 amide bonds. The van der Waals surface area contributed by atoms with Crippen molar-refractivity contribution in [2.75, 3.05) is 199 Å². The Labute approximate surface area is 758 Å². The van der Waals surface area contributed by atoms with E-state index in [1.165, 1.54) is 21.3 Å². The van der Waals surface area contributed by atoms with Crippen LogP contribution in [0.25, 0.3) is 0 Å². The van der Waals surface area contributed by atoms with Crippen LogP contribution in [-0.2, 0) is 32.5 Å². The Balaban J connectivity index is -0.000000630. The Hall–Kier alpha value is -5.74. The minimum atomic E-state index is -2.58. The van der Waals surface area contributed by atoms with Crippen LogP contribution in [0.2, 0.25) is 0 Å². The van der Waals surface area contributed by atoms with Crippen LogP contribution in [0.15, 0.2) is 220 Å². The van der Waals surface area contributed by atoms with Crippen LogP contribution < -0.4 is 68.4 Å². The van der Waals surface area contributed by atoms with Gasteiger partial charge >= 0.3 is 0 Å². The lowest BCUT2D eigenvalue weighted by atomic mass is 10.2. The molecular formula is C84H120Br3NO20P4S6. The second-order valence-electron chi connectivity index (χ2n) is 25.1. The van der Waals surface area contributed by atoms with Crippen molar-refractivity contribution in [2.45, 2.75) is 29.4 Å². The zero-order valence-electron chi connectivity index (χ0n) is 72.6. The van der Waals surface area contributed by atoms with Gasteiger partial charge in [-0.05, 0) is 225 Å². The van der Waals surface area contributed by atoms with Gasteiger partial charge in [0, 0.05) is 94.9 Å². The summed E-state index contributed by atoms with van der Waals surface area (Å²) in [7, 11) is 18.8. The van der Waals surface area contributed by atoms with Crippen LogP contribution in [-0.4, -0.2) is 204 Å². The molecule has 0 aromatic heterocycles. The number of anilines is 1. The number of benzene rings is 9. The lowest BCUT2D eigenvalue weighted by molar-refractivity contribution is 0.108. The molecule has 21 nitrogen and oxygen atoms in total. The van der Waals surface area contributed by atoms with Crippen LogP contribution >= 0.6 is 150 Å². The molecule has 0 heterocycles. The van der Waals surface area contributed by atoms with Crippen molar-refractivity contribution in [2.24, 2.45) is 0 Å². The van der Waals surface area contributed by atoms with Crippen molar-refractivity contribution in [1.82, 2.24) is 0 Å². The maximum absolute atomic E-state index is 12.5. The molecule has 0 unspecified atom stereocenters. The Bertz CT molecular complexity index is 4360. The van der Waals surface area contributed by atoms with Gasteiger partial charge in [-0.25, -0.2) is 0 Å². The molecule has 2 N–H and O–H groups in total. The van der Waals surface area contributed by atoms with Gasteiger partial charge < -0.3 is 90.3 Å². The van der Waals surface area contributed by atoms with Crippen molar-refractivity contribution in [3.63, 3.8) is 0 Å². The molecule has 0 spiro atoms. The molecule has 0 saturated heterocycles. The van der Waals surface area contributed by atoms with E-state index < -0.39 is 28.6 Å². The zero-order chi connectivity index (χ0) is 91.5. The molecule has 118 heavy (non-hydrogen) atoms. The van der Waals surface area contributed by atoms with E-state index in [9.17, 15) is 27.8 Å². The number of nitrogen functional groups attached to an aromatic ring is 1. The summed E-state index contributed by atoms with van der Waals surface area (Å²) in [6, 6.07) is 55.0. The Morgan fingerprint density at radius 3 is 0.839 bits per heavy atom. The first-order chi connectivity index (χ1) is 55.3. The van der Waals surface area contributed by atoms with Gasteiger partial charge in [0.25, 0.3) is 0 Å². The van der Waals surface area contributed by atoms with E-state index >= 15 is 0 Å². The van der Waals surface area contributed by atoms with Gasteiger partial charge in [-0.2, -0.15) is 0 Å². The summed E-state index contributed by atoms with van der Waals surface area (Å²) in [4.78, 5) is 29.5. The fraction of sp³-hybridized carbons (Fsp3) is 0.333. The summed E-state index contributed by atoms with van der Waals surface area (Å²) >= 11 is 28.5. The fourth-order valence-electron chi connectivity index (χ4n) is 7.91. The highest BCUT2D eigenvalue weighted by molar-refractivity contribution is 9.11. The van der Waals surface area contributed by atoms with Crippen molar-refractivity contribution in [1.29, 1.82) is 0 Å². The van der Waals surface area contributed by atoms with E-state index in [-0.39, 0.29) is 10.2 Å². The quantitative estimate of drug-likeness (QED) is 0.0187. The van der Waals surface area contributed by atoms with Crippen LogP contribution in [0.4, 0.5) is 5.69 Å². The third-order valence-electron chi connectivity index (χ3n) is 12.5. The number of thiol groups is 4. The van der Waals surface area contributed by atoms with Gasteiger partial charge in [-0.1, -0.05) is 94.8 Å². The second kappa shape index (κ2) is 66.8. The number of carbonyl (C=O) groups excluding carboxylic acids is 2. The topological polar surface area (TPSA) is 258 Å². The van der Waals surface area contributed by atoms with Gasteiger partial charge in [0.15, 0.2) is 46.0 Å². The Morgan fingerprint density at radius 1 is 0.314 bits per heavy atom. The minimum absolute atomic E-state index is 0.00952. The number of methoxy groups -OCH3 is 14. The number of ether oxygens (including phenoxy) is 14. The van der Waals surface area contributed by atoms with Crippen molar-refractivity contribution < 1.29 is 94.2 Å². The largest absolute Gasteiger partial charge is 0.497 e. The number of rotatable bonds is 17. The van der Waals surface area contributed by atoms with E-state index in [1.807, 2.05) is 121 Å². The Kier molecular flexibility index (Phi) is 67.2. The number of carbonyl (C=O) groups is 2. The van der Waals surface area contributed by atoms with E-state index in [0.29, 0.717) is 83.2 Å². The van der Waals surface area contributed by atoms with Crippen molar-refractivity contribution in [3.05, 3.63) is 202 Å². The van der Waals surface area contributed by atoms with Gasteiger partial charge in [-0.3, -0.25) is 9.59 Å². The third kappa shape index (κ3) is 55.3. The first-order valence-electron chi connectivity index (χ1n) is 34.4. The maximum atomic E-state index is 12.5. The first kappa shape index (κ1) is 119. The van der Waals surface area contributed by atoms with E-state index in [4.69, 9.17) is 57.8 Å². The summed E-state index contributed by atoms with van der Waals surface area (Å²) in [5.41, 5.74) is 7.52. The average Bonchev–Trinajstić information content (AvgIpc) is 0.801. The number of nitrogens with two attached hydrogens (primary N) is 1. The van der Waals surface area contributed by atoms with Crippen molar-refractivity contribution >= 4 is 177 Å². The van der Waals surface area contributed by atoms with Crippen molar-refractivity contribution in [3.8, 4) is 63.2 Å². The van der Waals surface area contributed by atoms with Gasteiger partial charge in [0.1, 0.15) is 31.5 Å². The molecule has 0 atom stereocenters. The Morgan fingerprint density at radius 2 is 0.576 bits per heavy atom. The predicted octanol–water partition coefficient (Wildman–Crippen LogP) is 22.8. The molecule has 9 aromatic rings. The molecule has 0 fully saturated rings. The summed E-state index contributed by atoms with van der Waals surface area (Å²) < 4.78 is 116. The fourth-order valence-corrected chi connectivity index (χ4v) is 14.3. The van der Waals surface area contributed by atoms with Crippen LogP contribution in [0.5, 0.6) is 63.2 Å². The molecule has 0 aliphatic rings. The molecule has 9 rings (SSSR count). The highest BCUT2D eigenvalue weighted by Gasteiger charge is 2.24. The number of alkyl halides is 1. The van der Waals surface area contributed by atoms with Gasteiger partial charge in [-0.15, -0.1) is 50.5 Å². The minimum Gasteiger partial charge on any atom is -0.497 e. The monoisotopic (exact) mass is 2020 g/mol. The number of hydrogen-bond acceptors (Lipinski definition) is 27. The summed E-state index contributed by atoms with van der Waals surface area (Å²) in [6.45, 7) is 17.2.